The van der Waals surface area contributed by atoms with Gasteiger partial charge in [-0.3, -0.25) is 0 Å². The number of rotatable bonds is 6. The van der Waals surface area contributed by atoms with E-state index in [2.05, 4.69) is 23.1 Å². The zero-order chi connectivity index (χ0) is 33.6. The molecular formula is C36H29F3N5O2Si+. The predicted octanol–water partition coefficient (Wildman–Crippen LogP) is 8.69. The van der Waals surface area contributed by atoms with E-state index in [4.69, 9.17) is 5.53 Å². The van der Waals surface area contributed by atoms with Gasteiger partial charge in [0.25, 0.3) is 0 Å². The van der Waals surface area contributed by atoms with Crippen LogP contribution in [0, 0.1) is 17.5 Å². The Morgan fingerprint density at radius 2 is 1.57 bits per heavy atom. The topological polar surface area (TPSA) is 92.3 Å². The zero-order valence-corrected chi connectivity index (χ0v) is 27.0. The number of para-hydroxylation sites is 2. The van der Waals surface area contributed by atoms with E-state index in [9.17, 15) is 14.3 Å². The van der Waals surface area contributed by atoms with Gasteiger partial charge in [-0.25, -0.2) is 18.0 Å². The fourth-order valence-electron chi connectivity index (χ4n) is 6.33. The Bertz CT molecular complexity index is 2150. The van der Waals surface area contributed by atoms with Crippen molar-refractivity contribution in [1.29, 1.82) is 0 Å². The number of benzene rings is 4. The normalized spacial score (nSPS) is 15.7. The van der Waals surface area contributed by atoms with Crippen LogP contribution < -0.4 is 10.1 Å². The molecule has 1 aliphatic heterocycles. The van der Waals surface area contributed by atoms with E-state index in [-0.39, 0.29) is 5.57 Å². The second kappa shape index (κ2) is 11.9. The first kappa shape index (κ1) is 31.3. The molecule has 4 aromatic carbocycles. The molecular weight excluding hydrogens is 620 g/mol. The van der Waals surface area contributed by atoms with Crippen LogP contribution in [0.15, 0.2) is 113 Å². The van der Waals surface area contributed by atoms with E-state index in [1.807, 2.05) is 109 Å². The number of aromatic carboxylic acids is 1. The van der Waals surface area contributed by atoms with Crippen molar-refractivity contribution in [3.63, 3.8) is 0 Å². The highest BCUT2D eigenvalue weighted by Gasteiger charge is 2.43. The molecule has 0 atom stereocenters. The molecule has 4 aromatic rings. The molecule has 0 radical (unpaired) electrons. The molecule has 0 unspecified atom stereocenters. The summed E-state index contributed by atoms with van der Waals surface area (Å²) < 4.78 is 48.9. The lowest BCUT2D eigenvalue weighted by Crippen LogP contribution is -2.50. The molecule has 0 saturated carbocycles. The van der Waals surface area contributed by atoms with Gasteiger partial charge in [-0.2, -0.15) is 4.58 Å². The van der Waals surface area contributed by atoms with Gasteiger partial charge in [-0.05, 0) is 63.0 Å². The predicted molar refractivity (Wildman–Crippen MR) is 181 cm³/mol. The van der Waals surface area contributed by atoms with E-state index < -0.39 is 48.3 Å². The summed E-state index contributed by atoms with van der Waals surface area (Å²) in [5.41, 5.74) is 10.5. The summed E-state index contributed by atoms with van der Waals surface area (Å²) in [5, 5.41) is 14.9. The van der Waals surface area contributed by atoms with Gasteiger partial charge in [0.2, 0.25) is 11.4 Å². The van der Waals surface area contributed by atoms with Crippen LogP contribution in [0.3, 0.4) is 0 Å². The molecule has 0 aromatic heterocycles. The van der Waals surface area contributed by atoms with Crippen LogP contribution in [0.5, 0.6) is 0 Å². The minimum Gasteiger partial charge on any atom is -0.478 e. The number of nitrogens with zero attached hydrogens (tertiary/aromatic N) is 5. The standard InChI is InChI=1S/C36H28F3N5O2Si/c1-43(21-11-7-5-8-12-21)23-15-17-25-27(19-23)47(3,4)28-20-24(44(2)22-13-9-6-10-14-22)16-18-26(28)29(25)30-31(36(45)46)32(37)34(39)35(33(30)38)41-42-40/h5-20H,1-4H3/p+1. The van der Waals surface area contributed by atoms with E-state index in [1.165, 1.54) is 0 Å². The molecule has 1 heterocycles. The number of allylic oxidation sites excluding steroid dienone is 5. The number of hydrogen-bond acceptors (Lipinski definition) is 3. The summed E-state index contributed by atoms with van der Waals surface area (Å²) in [6, 6.07) is 25.0. The molecule has 0 amide bonds. The zero-order valence-electron chi connectivity index (χ0n) is 26.0. The molecule has 2 aliphatic rings. The number of azide groups is 1. The van der Waals surface area contributed by atoms with E-state index in [0.29, 0.717) is 11.1 Å². The molecule has 6 rings (SSSR count). The maximum atomic E-state index is 16.4. The lowest BCUT2D eigenvalue weighted by molar-refractivity contribution is -0.403. The largest absolute Gasteiger partial charge is 0.478 e. The maximum Gasteiger partial charge on any atom is 0.339 e. The lowest BCUT2D eigenvalue weighted by atomic mass is 9.86. The number of carboxylic acids is 1. The summed E-state index contributed by atoms with van der Waals surface area (Å²) in [6.45, 7) is 4.29. The van der Waals surface area contributed by atoms with Gasteiger partial charge < -0.3 is 10.0 Å². The Labute approximate surface area is 270 Å². The van der Waals surface area contributed by atoms with Crippen molar-refractivity contribution in [2.75, 3.05) is 19.0 Å². The highest BCUT2D eigenvalue weighted by Crippen LogP contribution is 2.46. The molecule has 0 fully saturated rings. The summed E-state index contributed by atoms with van der Waals surface area (Å²) in [7, 11) is 1.17. The molecule has 7 nitrogen and oxygen atoms in total. The second-order valence-electron chi connectivity index (χ2n) is 11.8. The first-order valence-corrected chi connectivity index (χ1v) is 17.7. The third kappa shape index (κ3) is 5.15. The first-order chi connectivity index (χ1) is 22.5. The van der Waals surface area contributed by atoms with Crippen molar-refractivity contribution in [3.8, 4) is 0 Å². The number of carbonyl (C=O) groups is 1. The van der Waals surface area contributed by atoms with Crippen molar-refractivity contribution in [1.82, 2.24) is 0 Å². The van der Waals surface area contributed by atoms with Gasteiger partial charge in [0.05, 0.1) is 0 Å². The summed E-state index contributed by atoms with van der Waals surface area (Å²) in [5.74, 6) is -6.99. The highest BCUT2D eigenvalue weighted by molar-refractivity contribution is 6.98. The number of anilines is 2. The van der Waals surface area contributed by atoms with E-state index in [1.54, 1.807) is 12.1 Å². The van der Waals surface area contributed by atoms with Crippen molar-refractivity contribution in [2.24, 2.45) is 5.11 Å². The number of carboxylic acid groups (broad SMARTS) is 1. The Balaban J connectivity index is 1.72. The van der Waals surface area contributed by atoms with Gasteiger partial charge in [0, 0.05) is 53.2 Å². The average molecular weight is 649 g/mol. The van der Waals surface area contributed by atoms with Gasteiger partial charge in [0.15, 0.2) is 11.6 Å². The van der Waals surface area contributed by atoms with Crippen LogP contribution in [0.2, 0.25) is 13.1 Å². The minimum absolute atomic E-state index is 0.0767. The van der Waals surface area contributed by atoms with Crippen LogP contribution in [-0.4, -0.2) is 43.5 Å². The van der Waals surface area contributed by atoms with Crippen LogP contribution in [0.25, 0.3) is 16.0 Å². The quantitative estimate of drug-likeness (QED) is 0.0566. The fourth-order valence-corrected chi connectivity index (χ4v) is 9.40. The van der Waals surface area contributed by atoms with E-state index >= 15 is 8.78 Å². The maximum absolute atomic E-state index is 16.4. The molecule has 1 aliphatic carbocycles. The summed E-state index contributed by atoms with van der Waals surface area (Å²) >= 11 is 0. The Kier molecular flexibility index (Phi) is 7.96. The molecule has 234 valence electrons. The number of hydrogen-bond donors (Lipinski definition) is 1. The summed E-state index contributed by atoms with van der Waals surface area (Å²) in [6.07, 6.45) is 5.59. The van der Waals surface area contributed by atoms with Crippen molar-refractivity contribution in [3.05, 3.63) is 152 Å². The first-order valence-electron chi connectivity index (χ1n) is 14.7. The Morgan fingerprint density at radius 1 is 0.915 bits per heavy atom. The SMILES string of the molecule is CN(c1ccccc1)c1ccc2c(c1)[Si](C)(C)C1=CC(=[N+](C)c3ccccc3)C=CC1=C2c1c(F)c(N=[N+]=[N-])c(F)c(F)c1C(=O)O. The van der Waals surface area contributed by atoms with Crippen molar-refractivity contribution in [2.45, 2.75) is 13.1 Å². The van der Waals surface area contributed by atoms with Gasteiger partial charge in [-0.1, -0.05) is 60.7 Å². The molecule has 0 spiro atoms. The van der Waals surface area contributed by atoms with Crippen LogP contribution in [-0.2, 0) is 0 Å². The number of fused-ring (bicyclic) bond motifs is 2. The highest BCUT2D eigenvalue weighted by atomic mass is 28.3. The van der Waals surface area contributed by atoms with Gasteiger partial charge >= 0.3 is 5.97 Å². The minimum atomic E-state index is -2.67. The molecule has 0 bridgehead atoms. The van der Waals surface area contributed by atoms with Crippen LogP contribution in [0.4, 0.5) is 35.9 Å². The van der Waals surface area contributed by atoms with Crippen LogP contribution in [0.1, 0.15) is 21.5 Å². The molecule has 47 heavy (non-hydrogen) atoms. The smallest absolute Gasteiger partial charge is 0.339 e. The fraction of sp³-hybridized carbons (Fsp3) is 0.111. The third-order valence-electron chi connectivity index (χ3n) is 8.86. The molecule has 1 N–H and O–H groups in total. The summed E-state index contributed by atoms with van der Waals surface area (Å²) in [4.78, 5) is 17.0. The Hall–Kier alpha value is -5.64. The average Bonchev–Trinajstić information content (AvgIpc) is 3.08. The molecule has 0 saturated heterocycles. The second-order valence-corrected chi connectivity index (χ2v) is 16.1. The monoisotopic (exact) mass is 648 g/mol. The Morgan fingerprint density at radius 3 is 2.21 bits per heavy atom. The van der Waals surface area contributed by atoms with Crippen LogP contribution >= 0.6 is 0 Å². The van der Waals surface area contributed by atoms with Gasteiger partial charge in [0.1, 0.15) is 32.2 Å². The van der Waals surface area contributed by atoms with E-state index in [0.717, 1.165) is 33.2 Å². The lowest BCUT2D eigenvalue weighted by Gasteiger charge is -2.38. The van der Waals surface area contributed by atoms with Crippen molar-refractivity contribution >= 4 is 53.3 Å². The number of halogens is 3. The van der Waals surface area contributed by atoms with Crippen molar-refractivity contribution < 1.29 is 27.6 Å². The third-order valence-corrected chi connectivity index (χ3v) is 12.4. The molecule has 11 heteroatoms. The van der Waals surface area contributed by atoms with Gasteiger partial charge in [-0.15, -0.1) is 0 Å².